The molecule has 2 saturated carbocycles. The van der Waals surface area contributed by atoms with Crippen molar-refractivity contribution in [1.82, 2.24) is 4.90 Å². The van der Waals surface area contributed by atoms with E-state index in [4.69, 9.17) is 10.5 Å². The van der Waals surface area contributed by atoms with Gasteiger partial charge in [0.15, 0.2) is 0 Å². The first kappa shape index (κ1) is 12.9. The summed E-state index contributed by atoms with van der Waals surface area (Å²) in [5.74, 6) is 1.52. The summed E-state index contributed by atoms with van der Waals surface area (Å²) in [5, 5.41) is 0. The van der Waals surface area contributed by atoms with Crippen LogP contribution in [0.2, 0.25) is 0 Å². The highest BCUT2D eigenvalue weighted by atomic mass is 16.5. The number of fused-ring (bicyclic) bond motifs is 1. The van der Waals surface area contributed by atoms with Gasteiger partial charge in [0.05, 0.1) is 6.10 Å². The van der Waals surface area contributed by atoms with E-state index in [2.05, 4.69) is 25.8 Å². The van der Waals surface area contributed by atoms with Crippen molar-refractivity contribution in [3.8, 4) is 0 Å². The largest absolute Gasteiger partial charge is 0.377 e. The Bertz CT molecular complexity index is 326. The smallest absolute Gasteiger partial charge is 0.0690 e. The molecule has 0 aromatic carbocycles. The Morgan fingerprint density at radius 3 is 2.67 bits per heavy atom. The monoisotopic (exact) mass is 252 g/mol. The SMILES string of the molecule is CN(CC1CC1)CC1(N)C2CCCOC2C1(C)C. The van der Waals surface area contributed by atoms with E-state index < -0.39 is 0 Å². The molecule has 2 aliphatic carbocycles. The second-order valence-corrected chi connectivity index (χ2v) is 7.44. The van der Waals surface area contributed by atoms with E-state index in [1.54, 1.807) is 0 Å². The van der Waals surface area contributed by atoms with Crippen molar-refractivity contribution in [2.24, 2.45) is 23.0 Å². The molecule has 0 aromatic heterocycles. The van der Waals surface area contributed by atoms with Gasteiger partial charge in [0, 0.05) is 36.6 Å². The zero-order chi connectivity index (χ0) is 13.0. The second-order valence-electron chi connectivity index (χ2n) is 7.44. The molecule has 3 heteroatoms. The lowest BCUT2D eigenvalue weighted by Crippen LogP contribution is -2.80. The number of ether oxygens (including phenoxy) is 1. The summed E-state index contributed by atoms with van der Waals surface area (Å²) in [6.07, 6.45) is 5.66. The molecule has 1 heterocycles. The van der Waals surface area contributed by atoms with Crippen molar-refractivity contribution in [2.45, 2.75) is 51.2 Å². The topological polar surface area (TPSA) is 38.5 Å². The van der Waals surface area contributed by atoms with Crippen LogP contribution in [0.15, 0.2) is 0 Å². The van der Waals surface area contributed by atoms with Gasteiger partial charge >= 0.3 is 0 Å². The molecule has 18 heavy (non-hydrogen) atoms. The lowest BCUT2D eigenvalue weighted by Gasteiger charge is -2.67. The van der Waals surface area contributed by atoms with E-state index in [1.165, 1.54) is 32.2 Å². The minimum Gasteiger partial charge on any atom is -0.377 e. The zero-order valence-corrected chi connectivity index (χ0v) is 12.1. The van der Waals surface area contributed by atoms with Crippen LogP contribution in [-0.2, 0) is 4.74 Å². The quantitative estimate of drug-likeness (QED) is 0.830. The number of hydrogen-bond donors (Lipinski definition) is 1. The minimum absolute atomic E-state index is 0.0538. The molecule has 0 aromatic rings. The zero-order valence-electron chi connectivity index (χ0n) is 12.1. The first-order valence-corrected chi connectivity index (χ1v) is 7.54. The van der Waals surface area contributed by atoms with E-state index >= 15 is 0 Å². The third-order valence-electron chi connectivity index (χ3n) is 5.69. The molecule has 0 amide bonds. The van der Waals surface area contributed by atoms with Crippen LogP contribution in [0, 0.1) is 17.3 Å². The summed E-state index contributed by atoms with van der Waals surface area (Å²) in [6, 6.07) is 0. The van der Waals surface area contributed by atoms with Crippen molar-refractivity contribution >= 4 is 0 Å². The van der Waals surface area contributed by atoms with Crippen LogP contribution >= 0.6 is 0 Å². The van der Waals surface area contributed by atoms with Gasteiger partial charge < -0.3 is 15.4 Å². The molecule has 1 aliphatic heterocycles. The van der Waals surface area contributed by atoms with Crippen molar-refractivity contribution in [3.63, 3.8) is 0 Å². The molecular formula is C15H28N2O. The fourth-order valence-electron chi connectivity index (χ4n) is 4.24. The molecule has 0 radical (unpaired) electrons. The van der Waals surface area contributed by atoms with Gasteiger partial charge in [0.25, 0.3) is 0 Å². The summed E-state index contributed by atoms with van der Waals surface area (Å²) in [4.78, 5) is 2.46. The standard InChI is InChI=1S/C15H28N2O/c1-14(2)13-12(5-4-8-18-13)15(14,16)10-17(3)9-11-6-7-11/h11-13H,4-10,16H2,1-3H3. The highest BCUT2D eigenvalue weighted by Crippen LogP contribution is 2.57. The maximum atomic E-state index is 6.81. The highest BCUT2D eigenvalue weighted by molar-refractivity contribution is 5.20. The van der Waals surface area contributed by atoms with E-state index in [1.807, 2.05) is 0 Å². The van der Waals surface area contributed by atoms with Gasteiger partial charge in [0.1, 0.15) is 0 Å². The van der Waals surface area contributed by atoms with Gasteiger partial charge in [-0.15, -0.1) is 0 Å². The molecule has 0 bridgehead atoms. The third-order valence-corrected chi connectivity index (χ3v) is 5.69. The van der Waals surface area contributed by atoms with E-state index in [0.717, 1.165) is 19.1 Å². The Morgan fingerprint density at radius 1 is 1.28 bits per heavy atom. The lowest BCUT2D eigenvalue weighted by molar-refractivity contribution is -0.231. The molecule has 104 valence electrons. The summed E-state index contributed by atoms with van der Waals surface area (Å²) in [6.45, 7) is 7.78. The maximum Gasteiger partial charge on any atom is 0.0690 e. The lowest BCUT2D eigenvalue weighted by atomic mass is 9.46. The number of rotatable bonds is 4. The Hall–Kier alpha value is -0.120. The van der Waals surface area contributed by atoms with Gasteiger partial charge in [-0.3, -0.25) is 0 Å². The van der Waals surface area contributed by atoms with Crippen LogP contribution in [0.25, 0.3) is 0 Å². The van der Waals surface area contributed by atoms with Crippen molar-refractivity contribution in [1.29, 1.82) is 0 Å². The van der Waals surface area contributed by atoms with Crippen LogP contribution in [0.4, 0.5) is 0 Å². The van der Waals surface area contributed by atoms with Crippen LogP contribution < -0.4 is 5.73 Å². The predicted molar refractivity (Wildman–Crippen MR) is 73.4 cm³/mol. The molecule has 3 rings (SSSR count). The average molecular weight is 252 g/mol. The second kappa shape index (κ2) is 4.19. The normalized spacial score (nSPS) is 42.5. The molecule has 3 aliphatic rings. The van der Waals surface area contributed by atoms with Crippen LogP contribution in [-0.4, -0.2) is 43.3 Å². The van der Waals surface area contributed by atoms with Crippen LogP contribution in [0.5, 0.6) is 0 Å². The molecule has 2 N–H and O–H groups in total. The first-order chi connectivity index (χ1) is 8.45. The van der Waals surface area contributed by atoms with Crippen molar-refractivity contribution < 1.29 is 4.74 Å². The Morgan fingerprint density at radius 2 is 2.00 bits per heavy atom. The van der Waals surface area contributed by atoms with Crippen LogP contribution in [0.1, 0.15) is 39.5 Å². The van der Waals surface area contributed by atoms with Gasteiger partial charge in [-0.2, -0.15) is 0 Å². The van der Waals surface area contributed by atoms with Gasteiger partial charge in [-0.25, -0.2) is 0 Å². The molecular weight excluding hydrogens is 224 g/mol. The number of nitrogens with zero attached hydrogens (tertiary/aromatic N) is 1. The molecule has 3 unspecified atom stereocenters. The fraction of sp³-hybridized carbons (Fsp3) is 1.00. The highest BCUT2D eigenvalue weighted by Gasteiger charge is 2.66. The summed E-state index contributed by atoms with van der Waals surface area (Å²) in [5.41, 5.74) is 6.88. The van der Waals surface area contributed by atoms with Gasteiger partial charge in [-0.1, -0.05) is 13.8 Å². The van der Waals surface area contributed by atoms with Gasteiger partial charge in [-0.05, 0) is 38.6 Å². The predicted octanol–water partition coefficient (Wildman–Crippen LogP) is 1.86. The molecule has 3 atom stereocenters. The molecule has 1 saturated heterocycles. The molecule has 3 nitrogen and oxygen atoms in total. The van der Waals surface area contributed by atoms with Crippen LogP contribution in [0.3, 0.4) is 0 Å². The van der Waals surface area contributed by atoms with Crippen molar-refractivity contribution in [2.75, 3.05) is 26.7 Å². The molecule has 3 fully saturated rings. The average Bonchev–Trinajstić information content (AvgIpc) is 3.12. The minimum atomic E-state index is -0.0538. The third kappa shape index (κ3) is 1.83. The number of likely N-dealkylation sites (N-methyl/N-ethyl adjacent to an activating group) is 1. The van der Waals surface area contributed by atoms with E-state index in [0.29, 0.717) is 12.0 Å². The Labute approximate surface area is 111 Å². The summed E-state index contributed by atoms with van der Waals surface area (Å²) < 4.78 is 5.96. The first-order valence-electron chi connectivity index (χ1n) is 7.54. The van der Waals surface area contributed by atoms with Crippen molar-refractivity contribution in [3.05, 3.63) is 0 Å². The fourth-order valence-corrected chi connectivity index (χ4v) is 4.24. The van der Waals surface area contributed by atoms with Gasteiger partial charge in [0.2, 0.25) is 0 Å². The molecule has 0 spiro atoms. The summed E-state index contributed by atoms with van der Waals surface area (Å²) >= 11 is 0. The number of hydrogen-bond acceptors (Lipinski definition) is 3. The number of nitrogens with two attached hydrogens (primary N) is 1. The maximum absolute atomic E-state index is 6.81. The Kier molecular flexibility index (Phi) is 3.00. The van der Waals surface area contributed by atoms with E-state index in [9.17, 15) is 0 Å². The van der Waals surface area contributed by atoms with E-state index in [-0.39, 0.29) is 11.0 Å². The Balaban J connectivity index is 1.67. The summed E-state index contributed by atoms with van der Waals surface area (Å²) in [7, 11) is 2.24.